The van der Waals surface area contributed by atoms with E-state index in [2.05, 4.69) is 10.4 Å². The van der Waals surface area contributed by atoms with Gasteiger partial charge in [-0.2, -0.15) is 0 Å². The predicted molar refractivity (Wildman–Crippen MR) is 107 cm³/mol. The Labute approximate surface area is 173 Å². The van der Waals surface area contributed by atoms with Crippen molar-refractivity contribution in [2.24, 2.45) is 4.99 Å². The minimum atomic E-state index is -4.13. The molecule has 1 aliphatic heterocycles. The number of nitro groups is 2. The number of nitrogens with one attached hydrogen (secondary N) is 2. The van der Waals surface area contributed by atoms with Crippen molar-refractivity contribution in [1.82, 2.24) is 10.3 Å². The van der Waals surface area contributed by atoms with Crippen LogP contribution in [0.15, 0.2) is 58.4 Å². The molecule has 3 rings (SSSR count). The lowest BCUT2D eigenvalue weighted by Gasteiger charge is -2.10. The van der Waals surface area contributed by atoms with E-state index in [1.165, 1.54) is 36.0 Å². The van der Waals surface area contributed by atoms with Crippen molar-refractivity contribution in [3.05, 3.63) is 74.3 Å². The van der Waals surface area contributed by atoms with Gasteiger partial charge in [-0.15, -0.1) is 16.6 Å². The fourth-order valence-corrected chi connectivity index (χ4v) is 4.29. The lowest BCUT2D eigenvalue weighted by atomic mass is 10.2. The summed E-state index contributed by atoms with van der Waals surface area (Å²) in [6, 6.07) is 8.97. The van der Waals surface area contributed by atoms with Crippen LogP contribution in [0.4, 0.5) is 11.4 Å². The van der Waals surface area contributed by atoms with Crippen LogP contribution in [-0.4, -0.2) is 41.0 Å². The number of nitro benzene ring substituents is 2. The smallest absolute Gasteiger partial charge is 0.269 e. The number of sulfonamides is 1. The van der Waals surface area contributed by atoms with E-state index < -0.39 is 31.8 Å². The van der Waals surface area contributed by atoms with E-state index in [0.29, 0.717) is 10.6 Å². The van der Waals surface area contributed by atoms with E-state index in [1.807, 2.05) is 4.83 Å². The van der Waals surface area contributed by atoms with Gasteiger partial charge in [-0.3, -0.25) is 35.4 Å². The maximum atomic E-state index is 12.2. The number of benzene rings is 2. The van der Waals surface area contributed by atoms with Crippen molar-refractivity contribution in [2.75, 3.05) is 5.75 Å². The molecule has 30 heavy (non-hydrogen) atoms. The highest BCUT2D eigenvalue weighted by Crippen LogP contribution is 2.25. The van der Waals surface area contributed by atoms with E-state index in [1.54, 1.807) is 0 Å². The number of hydrogen-bond acceptors (Lipinski definition) is 9. The molecule has 1 aliphatic rings. The van der Waals surface area contributed by atoms with Crippen LogP contribution in [0.1, 0.15) is 5.56 Å². The van der Waals surface area contributed by atoms with E-state index in [-0.39, 0.29) is 22.0 Å². The summed E-state index contributed by atoms with van der Waals surface area (Å²) in [5.74, 6) is -0.429. The van der Waals surface area contributed by atoms with Gasteiger partial charge in [0.15, 0.2) is 0 Å². The molecular formula is C16H13N5O7S2. The van der Waals surface area contributed by atoms with Gasteiger partial charge < -0.3 is 0 Å². The van der Waals surface area contributed by atoms with E-state index in [9.17, 15) is 33.4 Å². The highest BCUT2D eigenvalue weighted by Gasteiger charge is 2.27. The van der Waals surface area contributed by atoms with Gasteiger partial charge in [0.2, 0.25) is 0 Å². The summed E-state index contributed by atoms with van der Waals surface area (Å²) in [4.78, 5) is 38.3. The van der Waals surface area contributed by atoms with Gasteiger partial charge in [-0.25, -0.2) is 8.42 Å². The number of nitrogens with zero attached hydrogens (tertiary/aromatic N) is 3. The van der Waals surface area contributed by atoms with Crippen molar-refractivity contribution in [2.45, 2.75) is 10.9 Å². The fourth-order valence-electron chi connectivity index (χ4n) is 2.40. The zero-order valence-corrected chi connectivity index (χ0v) is 16.6. The second-order valence-electron chi connectivity index (χ2n) is 5.91. The first-order valence-corrected chi connectivity index (χ1v) is 10.7. The Morgan fingerprint density at radius 3 is 2.07 bits per heavy atom. The first-order valence-electron chi connectivity index (χ1n) is 8.19. The maximum absolute atomic E-state index is 12.2. The number of thioether (sulfide) groups is 1. The summed E-state index contributed by atoms with van der Waals surface area (Å²) >= 11 is 1.26. The molecule has 2 aromatic rings. The molecule has 0 radical (unpaired) electrons. The maximum Gasteiger partial charge on any atom is 0.269 e. The summed E-state index contributed by atoms with van der Waals surface area (Å²) in [6.07, 6.45) is 0. The summed E-state index contributed by atoms with van der Waals surface area (Å²) < 4.78 is 24.4. The average Bonchev–Trinajstić information content (AvgIpc) is 3.22. The minimum absolute atomic E-state index is 0.0720. The standard InChI is InChI=1S/C16H13N5O7S2/c22-15(18-19-30(27,28)13-7-5-12(6-8-13)21(25)26)14-9-29-16(17-14)10-1-3-11(4-2-10)20(23)24/h1-8,14,19H,9H2,(H,18,22)/t14-/m0/s1. The molecule has 2 N–H and O–H groups in total. The molecule has 0 aliphatic carbocycles. The number of hydrogen-bond donors (Lipinski definition) is 2. The van der Waals surface area contributed by atoms with Crippen LogP contribution in [0.3, 0.4) is 0 Å². The van der Waals surface area contributed by atoms with Gasteiger partial charge in [0.05, 0.1) is 19.8 Å². The normalized spacial score (nSPS) is 16.0. The van der Waals surface area contributed by atoms with Crippen LogP contribution >= 0.6 is 11.8 Å². The van der Waals surface area contributed by atoms with Crippen LogP contribution in [0.2, 0.25) is 0 Å². The predicted octanol–water partition coefficient (Wildman–Crippen LogP) is 1.37. The van der Waals surface area contributed by atoms with Gasteiger partial charge in [-0.1, -0.05) is 0 Å². The number of aliphatic imine (C=N–C) groups is 1. The largest absolute Gasteiger partial charge is 0.276 e. The van der Waals surface area contributed by atoms with Gasteiger partial charge in [0.25, 0.3) is 27.3 Å². The Kier molecular flexibility index (Phi) is 6.09. The Balaban J connectivity index is 1.63. The van der Waals surface area contributed by atoms with Gasteiger partial charge in [-0.05, 0) is 24.3 Å². The third-order valence-corrected chi connectivity index (χ3v) is 6.31. The first kappa shape index (κ1) is 21.4. The molecule has 0 bridgehead atoms. The Bertz CT molecular complexity index is 1130. The summed E-state index contributed by atoms with van der Waals surface area (Å²) in [5, 5.41) is 21.8. The molecule has 0 aromatic heterocycles. The molecule has 1 heterocycles. The number of amides is 1. The molecule has 12 nitrogen and oxygen atoms in total. The van der Waals surface area contributed by atoms with Gasteiger partial charge in [0.1, 0.15) is 6.04 Å². The molecule has 0 saturated carbocycles. The van der Waals surface area contributed by atoms with Crippen molar-refractivity contribution in [1.29, 1.82) is 0 Å². The topological polar surface area (TPSA) is 174 Å². The second kappa shape index (κ2) is 8.56. The highest BCUT2D eigenvalue weighted by molar-refractivity contribution is 8.14. The van der Waals surface area contributed by atoms with Crippen LogP contribution in [-0.2, 0) is 14.8 Å². The average molecular weight is 451 g/mol. The SMILES string of the molecule is O=C(NNS(=O)(=O)c1ccc([N+](=O)[O-])cc1)[C@@H]1CSC(c2ccc([N+](=O)[O-])cc2)=N1. The zero-order valence-electron chi connectivity index (χ0n) is 14.9. The zero-order chi connectivity index (χ0) is 21.9. The Hall–Kier alpha value is -3.36. The van der Waals surface area contributed by atoms with Crippen molar-refractivity contribution >= 4 is 44.1 Å². The molecule has 1 atom stereocenters. The third kappa shape index (κ3) is 4.79. The monoisotopic (exact) mass is 451 g/mol. The molecule has 0 saturated heterocycles. The Morgan fingerprint density at radius 2 is 1.53 bits per heavy atom. The van der Waals surface area contributed by atoms with Gasteiger partial charge >= 0.3 is 0 Å². The third-order valence-electron chi connectivity index (χ3n) is 3.95. The number of carbonyl (C=O) groups excluding carboxylic acids is 1. The van der Waals surface area contributed by atoms with Crippen molar-refractivity contribution in [3.63, 3.8) is 0 Å². The molecule has 1 amide bonds. The summed E-state index contributed by atoms with van der Waals surface area (Å²) in [6.45, 7) is 0. The van der Waals surface area contributed by atoms with Crippen molar-refractivity contribution < 1.29 is 23.1 Å². The van der Waals surface area contributed by atoms with E-state index in [4.69, 9.17) is 0 Å². The number of carbonyl (C=O) groups is 1. The number of non-ortho nitro benzene ring substituents is 2. The van der Waals surface area contributed by atoms with Crippen molar-refractivity contribution in [3.8, 4) is 0 Å². The van der Waals surface area contributed by atoms with Crippen LogP contribution in [0.5, 0.6) is 0 Å². The minimum Gasteiger partial charge on any atom is -0.276 e. The first-order chi connectivity index (χ1) is 14.2. The molecular weight excluding hydrogens is 438 g/mol. The van der Waals surface area contributed by atoms with Crippen LogP contribution in [0.25, 0.3) is 0 Å². The lowest BCUT2D eigenvalue weighted by molar-refractivity contribution is -0.385. The molecule has 2 aromatic carbocycles. The quantitative estimate of drug-likeness (QED) is 0.469. The second-order valence-corrected chi connectivity index (χ2v) is 8.60. The van der Waals surface area contributed by atoms with Crippen LogP contribution in [0, 0.1) is 20.2 Å². The lowest BCUT2D eigenvalue weighted by Crippen LogP contribution is -2.46. The molecule has 0 unspecified atom stereocenters. The fraction of sp³-hybridized carbons (Fsp3) is 0.125. The number of hydrazine groups is 1. The molecule has 14 heteroatoms. The molecule has 156 valence electrons. The molecule has 0 fully saturated rings. The summed E-state index contributed by atoms with van der Waals surface area (Å²) in [7, 11) is -4.13. The van der Waals surface area contributed by atoms with Gasteiger partial charge in [0, 0.05) is 35.6 Å². The number of rotatable bonds is 7. The van der Waals surface area contributed by atoms with E-state index in [0.717, 1.165) is 24.3 Å². The molecule has 0 spiro atoms. The van der Waals surface area contributed by atoms with E-state index >= 15 is 0 Å². The highest BCUT2D eigenvalue weighted by atomic mass is 32.2. The van der Waals surface area contributed by atoms with Crippen LogP contribution < -0.4 is 10.3 Å². The summed E-state index contributed by atoms with van der Waals surface area (Å²) in [5.41, 5.74) is 2.34. The Morgan fingerprint density at radius 1 is 1.00 bits per heavy atom.